The molecule has 1 N–H and O–H groups in total. The van der Waals surface area contributed by atoms with Crippen molar-refractivity contribution in [1.29, 1.82) is 0 Å². The van der Waals surface area contributed by atoms with Crippen LogP contribution in [0, 0.1) is 0 Å². The fourth-order valence-corrected chi connectivity index (χ4v) is 3.23. The summed E-state index contributed by atoms with van der Waals surface area (Å²) in [5.74, 6) is 0.268. The highest BCUT2D eigenvalue weighted by molar-refractivity contribution is 5.78. The number of rotatable bonds is 3. The molecule has 0 spiro atoms. The minimum Gasteiger partial charge on any atom is -0.342 e. The highest BCUT2D eigenvalue weighted by atomic mass is 16.2. The molecule has 102 valence electrons. The number of amides is 1. The number of aryl methyl sites for hydroxylation is 1. The lowest BCUT2D eigenvalue weighted by molar-refractivity contribution is -0.131. The second-order valence-corrected chi connectivity index (χ2v) is 5.61. The smallest absolute Gasteiger partial charge is 0.236 e. The molecule has 19 heavy (non-hydrogen) atoms. The van der Waals surface area contributed by atoms with Crippen molar-refractivity contribution in [2.24, 2.45) is 0 Å². The van der Waals surface area contributed by atoms with Gasteiger partial charge in [0.25, 0.3) is 0 Å². The van der Waals surface area contributed by atoms with Crippen molar-refractivity contribution in [3.05, 3.63) is 35.4 Å². The van der Waals surface area contributed by atoms with Gasteiger partial charge in [0.2, 0.25) is 5.91 Å². The quantitative estimate of drug-likeness (QED) is 0.902. The Morgan fingerprint density at radius 2 is 2.00 bits per heavy atom. The first kappa shape index (κ1) is 12.7. The summed E-state index contributed by atoms with van der Waals surface area (Å²) in [6, 6.07) is 8.94. The monoisotopic (exact) mass is 258 g/mol. The van der Waals surface area contributed by atoms with Crippen LogP contribution in [0.5, 0.6) is 0 Å². The number of carbonyl (C=O) groups is 1. The minimum atomic E-state index is 0.268. The van der Waals surface area contributed by atoms with E-state index in [4.69, 9.17) is 0 Å². The van der Waals surface area contributed by atoms with Gasteiger partial charge >= 0.3 is 0 Å². The SMILES string of the molecule is O=C(CNC1CCc2ccccc21)N1CCCCC1. The van der Waals surface area contributed by atoms with Crippen molar-refractivity contribution in [2.75, 3.05) is 19.6 Å². The van der Waals surface area contributed by atoms with Gasteiger partial charge in [-0.05, 0) is 43.2 Å². The Hall–Kier alpha value is -1.35. The van der Waals surface area contributed by atoms with E-state index in [9.17, 15) is 4.79 Å². The average molecular weight is 258 g/mol. The van der Waals surface area contributed by atoms with Crippen molar-refractivity contribution in [3.8, 4) is 0 Å². The molecule has 0 bridgehead atoms. The zero-order chi connectivity index (χ0) is 13.1. The van der Waals surface area contributed by atoms with Crippen LogP contribution in [0.1, 0.15) is 42.9 Å². The first-order valence-corrected chi connectivity index (χ1v) is 7.43. The van der Waals surface area contributed by atoms with Crippen molar-refractivity contribution < 1.29 is 4.79 Å². The maximum Gasteiger partial charge on any atom is 0.236 e. The lowest BCUT2D eigenvalue weighted by atomic mass is 10.1. The molecule has 3 rings (SSSR count). The molecule has 1 atom stereocenters. The van der Waals surface area contributed by atoms with Crippen LogP contribution in [0.25, 0.3) is 0 Å². The molecule has 3 nitrogen and oxygen atoms in total. The molecular formula is C16H22N2O. The molecule has 1 saturated heterocycles. The van der Waals surface area contributed by atoms with E-state index in [0.29, 0.717) is 12.6 Å². The Morgan fingerprint density at radius 1 is 1.21 bits per heavy atom. The third kappa shape index (κ3) is 2.81. The lowest BCUT2D eigenvalue weighted by Gasteiger charge is -2.27. The molecule has 1 aromatic rings. The highest BCUT2D eigenvalue weighted by Crippen LogP contribution is 2.30. The molecule has 0 aromatic heterocycles. The Bertz CT molecular complexity index is 452. The summed E-state index contributed by atoms with van der Waals surface area (Å²) in [6.07, 6.45) is 5.85. The average Bonchev–Trinajstić information content (AvgIpc) is 2.89. The first-order valence-electron chi connectivity index (χ1n) is 7.43. The molecule has 1 fully saturated rings. The van der Waals surface area contributed by atoms with Gasteiger partial charge in [0.05, 0.1) is 6.54 Å². The Kier molecular flexibility index (Phi) is 3.83. The number of carbonyl (C=O) groups excluding carboxylic acids is 1. The van der Waals surface area contributed by atoms with Crippen LogP contribution in [0.15, 0.2) is 24.3 Å². The maximum atomic E-state index is 12.1. The Labute approximate surface area is 115 Å². The van der Waals surface area contributed by atoms with Crippen LogP contribution < -0.4 is 5.32 Å². The molecule has 1 amide bonds. The van der Waals surface area contributed by atoms with Crippen LogP contribution in [-0.2, 0) is 11.2 Å². The zero-order valence-corrected chi connectivity index (χ0v) is 11.4. The number of nitrogens with zero attached hydrogens (tertiary/aromatic N) is 1. The number of likely N-dealkylation sites (tertiary alicyclic amines) is 1. The Morgan fingerprint density at radius 3 is 2.84 bits per heavy atom. The Balaban J connectivity index is 1.54. The maximum absolute atomic E-state index is 12.1. The van der Waals surface area contributed by atoms with Crippen molar-refractivity contribution >= 4 is 5.91 Å². The summed E-state index contributed by atoms with van der Waals surface area (Å²) in [7, 11) is 0. The van der Waals surface area contributed by atoms with Gasteiger partial charge in [-0.2, -0.15) is 0 Å². The van der Waals surface area contributed by atoms with Crippen LogP contribution in [0.3, 0.4) is 0 Å². The van der Waals surface area contributed by atoms with Gasteiger partial charge in [-0.25, -0.2) is 0 Å². The fourth-order valence-electron chi connectivity index (χ4n) is 3.23. The van der Waals surface area contributed by atoms with Crippen LogP contribution in [0.4, 0.5) is 0 Å². The van der Waals surface area contributed by atoms with Crippen molar-refractivity contribution in [2.45, 2.75) is 38.1 Å². The van der Waals surface area contributed by atoms with Crippen LogP contribution in [0.2, 0.25) is 0 Å². The van der Waals surface area contributed by atoms with E-state index in [2.05, 4.69) is 29.6 Å². The van der Waals surface area contributed by atoms with E-state index in [1.807, 2.05) is 4.90 Å². The largest absolute Gasteiger partial charge is 0.342 e. The number of nitrogens with one attached hydrogen (secondary N) is 1. The second kappa shape index (κ2) is 5.74. The first-order chi connectivity index (χ1) is 9.34. The number of fused-ring (bicyclic) bond motifs is 1. The molecule has 1 aliphatic carbocycles. The van der Waals surface area contributed by atoms with E-state index in [0.717, 1.165) is 38.8 Å². The standard InChI is InChI=1S/C16H22N2O/c19-16(18-10-4-1-5-11-18)12-17-15-9-8-13-6-2-3-7-14(13)15/h2-3,6-7,15,17H,1,4-5,8-12H2. The summed E-state index contributed by atoms with van der Waals surface area (Å²) in [4.78, 5) is 14.1. The van der Waals surface area contributed by atoms with Crippen LogP contribution in [-0.4, -0.2) is 30.4 Å². The summed E-state index contributed by atoms with van der Waals surface area (Å²) in [5.41, 5.74) is 2.82. The molecule has 1 aromatic carbocycles. The third-order valence-electron chi connectivity index (χ3n) is 4.34. The van der Waals surface area contributed by atoms with E-state index in [1.54, 1.807) is 0 Å². The van der Waals surface area contributed by atoms with Gasteiger partial charge in [-0.3, -0.25) is 4.79 Å². The van der Waals surface area contributed by atoms with Gasteiger partial charge in [0, 0.05) is 19.1 Å². The van der Waals surface area contributed by atoms with E-state index >= 15 is 0 Å². The van der Waals surface area contributed by atoms with E-state index < -0.39 is 0 Å². The molecule has 1 unspecified atom stereocenters. The summed E-state index contributed by atoms with van der Waals surface area (Å²) < 4.78 is 0. The number of benzene rings is 1. The fraction of sp³-hybridized carbons (Fsp3) is 0.562. The summed E-state index contributed by atoms with van der Waals surface area (Å²) in [6.45, 7) is 2.38. The highest BCUT2D eigenvalue weighted by Gasteiger charge is 2.23. The normalized spacial score (nSPS) is 22.3. The molecule has 1 aliphatic heterocycles. The number of hydrogen-bond donors (Lipinski definition) is 1. The molecule has 0 radical (unpaired) electrons. The van der Waals surface area contributed by atoms with Crippen molar-refractivity contribution in [3.63, 3.8) is 0 Å². The van der Waals surface area contributed by atoms with E-state index in [1.165, 1.54) is 17.5 Å². The predicted molar refractivity (Wildman–Crippen MR) is 75.9 cm³/mol. The van der Waals surface area contributed by atoms with Crippen LogP contribution >= 0.6 is 0 Å². The second-order valence-electron chi connectivity index (χ2n) is 5.61. The van der Waals surface area contributed by atoms with Gasteiger partial charge in [-0.1, -0.05) is 24.3 Å². The molecule has 1 heterocycles. The zero-order valence-electron chi connectivity index (χ0n) is 11.4. The minimum absolute atomic E-state index is 0.268. The van der Waals surface area contributed by atoms with Gasteiger partial charge in [-0.15, -0.1) is 0 Å². The topological polar surface area (TPSA) is 32.3 Å². The summed E-state index contributed by atoms with van der Waals surface area (Å²) in [5, 5.41) is 3.44. The van der Waals surface area contributed by atoms with Gasteiger partial charge in [0.15, 0.2) is 0 Å². The van der Waals surface area contributed by atoms with Crippen molar-refractivity contribution in [1.82, 2.24) is 10.2 Å². The molecule has 3 heteroatoms. The predicted octanol–water partition coefficient (Wildman–Crippen LogP) is 2.28. The number of hydrogen-bond acceptors (Lipinski definition) is 2. The third-order valence-corrected chi connectivity index (χ3v) is 4.34. The molecule has 2 aliphatic rings. The summed E-state index contributed by atoms with van der Waals surface area (Å²) >= 11 is 0. The van der Waals surface area contributed by atoms with E-state index in [-0.39, 0.29) is 5.91 Å². The molecular weight excluding hydrogens is 236 g/mol. The van der Waals surface area contributed by atoms with Gasteiger partial charge in [0.1, 0.15) is 0 Å². The molecule has 0 saturated carbocycles. The number of piperidine rings is 1. The lowest BCUT2D eigenvalue weighted by Crippen LogP contribution is -2.41. The van der Waals surface area contributed by atoms with Gasteiger partial charge < -0.3 is 10.2 Å².